The zero-order chi connectivity index (χ0) is 16.1. The van der Waals surface area contributed by atoms with Gasteiger partial charge in [0.1, 0.15) is 30.2 Å². The molecule has 0 radical (unpaired) electrons. The Labute approximate surface area is 126 Å². The van der Waals surface area contributed by atoms with E-state index in [1.165, 1.54) is 6.92 Å². The zero-order valence-electron chi connectivity index (χ0n) is 11.9. The monoisotopic (exact) mass is 310 g/mol. The first-order valence-electron chi connectivity index (χ1n) is 7.03. The van der Waals surface area contributed by atoms with E-state index in [0.29, 0.717) is 11.3 Å². The van der Waals surface area contributed by atoms with Gasteiger partial charge in [-0.2, -0.15) is 0 Å². The van der Waals surface area contributed by atoms with Gasteiger partial charge in [0.25, 0.3) is 0 Å². The molecule has 2 fully saturated rings. The Morgan fingerprint density at radius 3 is 2.41 bits per heavy atom. The number of benzene rings is 1. The molecule has 0 spiro atoms. The Morgan fingerprint density at radius 2 is 1.82 bits per heavy atom. The lowest BCUT2D eigenvalue weighted by Gasteiger charge is -2.28. The van der Waals surface area contributed by atoms with Crippen LogP contribution in [-0.4, -0.2) is 62.5 Å². The van der Waals surface area contributed by atoms with Crippen molar-refractivity contribution in [1.29, 1.82) is 0 Å². The summed E-state index contributed by atoms with van der Waals surface area (Å²) in [5.74, 6) is 0.321. The molecule has 2 aliphatic rings. The van der Waals surface area contributed by atoms with Crippen molar-refractivity contribution in [3.05, 3.63) is 29.8 Å². The summed E-state index contributed by atoms with van der Waals surface area (Å²) in [6.45, 7) is 1.45. The molecule has 0 bridgehead atoms. The molecular weight excluding hydrogens is 292 g/mol. The average Bonchev–Trinajstić information content (AvgIpc) is 3.18. The van der Waals surface area contributed by atoms with E-state index in [1.807, 2.05) is 0 Å². The van der Waals surface area contributed by atoms with Crippen molar-refractivity contribution in [3.63, 3.8) is 0 Å². The summed E-state index contributed by atoms with van der Waals surface area (Å²) in [5, 5.41) is 39.3. The van der Waals surface area contributed by atoms with E-state index in [-0.39, 0.29) is 12.2 Å². The summed E-state index contributed by atoms with van der Waals surface area (Å²) < 4.78 is 10.9. The number of rotatable bonds is 3. The van der Waals surface area contributed by atoms with Crippen molar-refractivity contribution in [2.24, 2.45) is 0 Å². The van der Waals surface area contributed by atoms with Crippen molar-refractivity contribution in [2.75, 3.05) is 0 Å². The van der Waals surface area contributed by atoms with Crippen LogP contribution in [0.1, 0.15) is 23.7 Å². The van der Waals surface area contributed by atoms with Gasteiger partial charge in [-0.1, -0.05) is 0 Å². The first-order chi connectivity index (χ1) is 10.3. The fourth-order valence-electron chi connectivity index (χ4n) is 2.74. The number of carbonyl (C=O) groups excluding carboxylic acids is 1. The van der Waals surface area contributed by atoms with E-state index in [0.717, 1.165) is 0 Å². The van der Waals surface area contributed by atoms with Gasteiger partial charge in [-0.05, 0) is 31.2 Å². The largest absolute Gasteiger partial charge is 0.482 e. The molecule has 6 unspecified atom stereocenters. The van der Waals surface area contributed by atoms with E-state index >= 15 is 0 Å². The van der Waals surface area contributed by atoms with Crippen molar-refractivity contribution in [2.45, 2.75) is 49.7 Å². The lowest BCUT2D eigenvalue weighted by Crippen LogP contribution is -2.50. The van der Waals surface area contributed by atoms with Gasteiger partial charge in [-0.25, -0.2) is 0 Å². The Morgan fingerprint density at radius 1 is 1.18 bits per heavy atom. The van der Waals surface area contributed by atoms with Gasteiger partial charge < -0.3 is 29.9 Å². The Kier molecular flexibility index (Phi) is 3.70. The van der Waals surface area contributed by atoms with Crippen LogP contribution in [0.25, 0.3) is 0 Å². The molecule has 0 amide bonds. The highest BCUT2D eigenvalue weighted by Crippen LogP contribution is 2.49. The van der Waals surface area contributed by atoms with Gasteiger partial charge in [0.2, 0.25) is 0 Å². The topological polar surface area (TPSA) is 116 Å². The molecule has 1 saturated carbocycles. The normalized spacial score (nSPS) is 40.5. The number of hydrogen-bond donors (Lipinski definition) is 4. The number of hydrogen-bond acceptors (Lipinski definition) is 7. The second-order valence-corrected chi connectivity index (χ2v) is 5.78. The highest BCUT2D eigenvalue weighted by molar-refractivity contribution is 5.94. The predicted octanol–water partition coefficient (Wildman–Crippen LogP) is -0.790. The third-order valence-electron chi connectivity index (χ3n) is 4.23. The smallest absolute Gasteiger partial charge is 0.184 e. The number of ketones is 1. The number of fused-ring (bicyclic) bond motifs is 1. The van der Waals surface area contributed by atoms with Crippen molar-refractivity contribution < 1.29 is 34.7 Å². The number of aliphatic hydroxyl groups is 4. The lowest BCUT2D eigenvalue weighted by atomic mass is 10.0. The maximum absolute atomic E-state index is 11.2. The molecule has 22 heavy (non-hydrogen) atoms. The van der Waals surface area contributed by atoms with Crippen LogP contribution in [0.15, 0.2) is 24.3 Å². The second kappa shape index (κ2) is 5.29. The summed E-state index contributed by atoms with van der Waals surface area (Å²) in [4.78, 5) is 11.2. The fraction of sp³-hybridized carbons (Fsp3) is 0.533. The van der Waals surface area contributed by atoms with E-state index in [2.05, 4.69) is 0 Å². The number of Topliss-reactive ketones (excluding diaryl/α,β-unsaturated/α-hetero) is 1. The predicted molar refractivity (Wildman–Crippen MR) is 73.3 cm³/mol. The summed E-state index contributed by atoms with van der Waals surface area (Å²) in [6, 6.07) is 6.35. The number of aliphatic hydroxyl groups excluding tert-OH is 4. The van der Waals surface area contributed by atoms with Gasteiger partial charge in [0.05, 0.1) is 0 Å². The molecule has 6 atom stereocenters. The summed E-state index contributed by atoms with van der Waals surface area (Å²) in [7, 11) is 0. The zero-order valence-corrected chi connectivity index (χ0v) is 11.9. The van der Waals surface area contributed by atoms with Crippen LogP contribution >= 0.6 is 0 Å². The molecule has 7 heteroatoms. The van der Waals surface area contributed by atoms with Crippen LogP contribution < -0.4 is 4.74 Å². The highest BCUT2D eigenvalue weighted by Gasteiger charge is 2.68. The molecule has 1 aromatic carbocycles. The molecule has 1 heterocycles. The van der Waals surface area contributed by atoms with E-state index in [4.69, 9.17) is 9.47 Å². The Hall–Kier alpha value is -1.51. The maximum atomic E-state index is 11.2. The summed E-state index contributed by atoms with van der Waals surface area (Å²) >= 11 is 0. The molecule has 4 N–H and O–H groups in total. The van der Waals surface area contributed by atoms with Crippen molar-refractivity contribution in [1.82, 2.24) is 0 Å². The van der Waals surface area contributed by atoms with Gasteiger partial charge in [0.15, 0.2) is 17.7 Å². The summed E-state index contributed by atoms with van der Waals surface area (Å²) in [6.07, 6.45) is -6.53. The SMILES string of the molecule is CC(=O)c1ccc(OC23CC2OC(O)C(O)C(O)C3O)cc1. The van der Waals surface area contributed by atoms with E-state index in [1.54, 1.807) is 24.3 Å². The van der Waals surface area contributed by atoms with Crippen LogP contribution in [0.3, 0.4) is 0 Å². The second-order valence-electron chi connectivity index (χ2n) is 5.78. The Balaban J connectivity index is 1.81. The van der Waals surface area contributed by atoms with Crippen molar-refractivity contribution >= 4 is 5.78 Å². The summed E-state index contributed by atoms with van der Waals surface area (Å²) in [5.41, 5.74) is -0.684. The highest BCUT2D eigenvalue weighted by atomic mass is 16.7. The van der Waals surface area contributed by atoms with Gasteiger partial charge in [-0.3, -0.25) is 4.79 Å². The minimum atomic E-state index is -1.61. The van der Waals surface area contributed by atoms with E-state index in [9.17, 15) is 25.2 Å². The quantitative estimate of drug-likeness (QED) is 0.541. The lowest BCUT2D eigenvalue weighted by molar-refractivity contribution is -0.191. The minimum Gasteiger partial charge on any atom is -0.482 e. The van der Waals surface area contributed by atoms with Gasteiger partial charge >= 0.3 is 0 Å². The van der Waals surface area contributed by atoms with Crippen LogP contribution in [0, 0.1) is 0 Å². The maximum Gasteiger partial charge on any atom is 0.184 e. The fourth-order valence-corrected chi connectivity index (χ4v) is 2.74. The first-order valence-corrected chi connectivity index (χ1v) is 7.03. The third-order valence-corrected chi connectivity index (χ3v) is 4.23. The number of carbonyl (C=O) groups is 1. The van der Waals surface area contributed by atoms with Gasteiger partial charge in [-0.15, -0.1) is 0 Å². The third kappa shape index (κ3) is 2.41. The molecule has 1 aliphatic carbocycles. The van der Waals surface area contributed by atoms with Crippen LogP contribution in [0.4, 0.5) is 0 Å². The standard InChI is InChI=1S/C15H18O7/c1-7(16)8-2-4-9(5-3-8)22-15-6-10(15)21-14(20)12(18)11(17)13(15)19/h2-5,10-14,17-20H,6H2,1H3. The van der Waals surface area contributed by atoms with Crippen LogP contribution in [0.2, 0.25) is 0 Å². The molecule has 3 rings (SSSR count). The van der Waals surface area contributed by atoms with Gasteiger partial charge in [0, 0.05) is 12.0 Å². The van der Waals surface area contributed by atoms with E-state index < -0.39 is 36.3 Å². The van der Waals surface area contributed by atoms with Crippen LogP contribution in [-0.2, 0) is 4.74 Å². The molecule has 1 saturated heterocycles. The molecule has 7 nitrogen and oxygen atoms in total. The number of ether oxygens (including phenoxy) is 2. The molecule has 120 valence electrons. The molecular formula is C15H18O7. The average molecular weight is 310 g/mol. The molecule has 0 aromatic heterocycles. The van der Waals surface area contributed by atoms with Crippen LogP contribution in [0.5, 0.6) is 5.75 Å². The van der Waals surface area contributed by atoms with Crippen molar-refractivity contribution in [3.8, 4) is 5.75 Å². The molecule has 1 aromatic rings. The Bertz CT molecular complexity index is 572. The molecule has 1 aliphatic heterocycles. The minimum absolute atomic E-state index is 0.0755. The first kappa shape index (κ1) is 15.4.